The van der Waals surface area contributed by atoms with Gasteiger partial charge >= 0.3 is 0 Å². The van der Waals surface area contributed by atoms with E-state index < -0.39 is 0 Å². The molecule has 0 amide bonds. The Labute approximate surface area is 72.9 Å². The fraction of sp³-hybridized carbons (Fsp3) is 1.00. The monoisotopic (exact) mass is 178 g/mol. The van der Waals surface area contributed by atoms with Crippen LogP contribution in [0.15, 0.2) is 0 Å². The van der Waals surface area contributed by atoms with Crippen molar-refractivity contribution in [3.63, 3.8) is 0 Å². The molecule has 0 aliphatic rings. The molecular weight excluding hydrogens is 160 g/mol. The van der Waals surface area contributed by atoms with Crippen molar-refractivity contribution in [3.05, 3.63) is 0 Å². The van der Waals surface area contributed by atoms with Crippen LogP contribution >= 0.6 is 21.6 Å². The van der Waals surface area contributed by atoms with Crippen LogP contribution in [-0.2, 0) is 0 Å². The molecule has 0 atom stereocenters. The van der Waals surface area contributed by atoms with Crippen LogP contribution in [-0.4, -0.2) is 10.5 Å². The molecule has 0 heterocycles. The third-order valence-corrected chi connectivity index (χ3v) is 5.47. The van der Waals surface area contributed by atoms with Crippen LogP contribution in [0.2, 0.25) is 0 Å². The number of hydrogen-bond donors (Lipinski definition) is 0. The number of rotatable bonds is 5. The minimum Gasteiger partial charge on any atom is -0.0939 e. The average Bonchev–Trinajstić information content (AvgIpc) is 2.00. The first-order chi connectivity index (χ1) is 4.68. The van der Waals surface area contributed by atoms with Crippen molar-refractivity contribution in [2.75, 3.05) is 5.75 Å². The van der Waals surface area contributed by atoms with Gasteiger partial charge in [0.15, 0.2) is 0 Å². The maximum Gasteiger partial charge on any atom is 0.0230 e. The van der Waals surface area contributed by atoms with Crippen LogP contribution < -0.4 is 0 Å². The molecule has 0 spiro atoms. The van der Waals surface area contributed by atoms with E-state index in [0.29, 0.717) is 4.75 Å². The summed E-state index contributed by atoms with van der Waals surface area (Å²) < 4.78 is 0.515. The molecule has 0 saturated carbocycles. The smallest absolute Gasteiger partial charge is 0.0230 e. The maximum atomic E-state index is 2.35. The highest BCUT2D eigenvalue weighted by Crippen LogP contribution is 2.40. The summed E-state index contributed by atoms with van der Waals surface area (Å²) in [5, 5.41) is 0. The van der Waals surface area contributed by atoms with E-state index >= 15 is 0 Å². The molecule has 0 aliphatic carbocycles. The summed E-state index contributed by atoms with van der Waals surface area (Å²) in [4.78, 5) is 0. The van der Waals surface area contributed by atoms with Crippen molar-refractivity contribution in [2.24, 2.45) is 0 Å². The van der Waals surface area contributed by atoms with Crippen LogP contribution in [0.5, 0.6) is 0 Å². The van der Waals surface area contributed by atoms with Crippen molar-refractivity contribution < 1.29 is 0 Å². The van der Waals surface area contributed by atoms with Gasteiger partial charge in [-0.2, -0.15) is 0 Å². The summed E-state index contributed by atoms with van der Waals surface area (Å²) in [7, 11) is 4.02. The van der Waals surface area contributed by atoms with E-state index in [1.54, 1.807) is 0 Å². The zero-order valence-electron chi connectivity index (χ0n) is 7.44. The van der Waals surface area contributed by atoms with Crippen molar-refractivity contribution >= 4 is 21.6 Å². The molecule has 0 N–H and O–H groups in total. The summed E-state index contributed by atoms with van der Waals surface area (Å²) in [6.07, 6.45) is 2.56. The lowest BCUT2D eigenvalue weighted by Crippen LogP contribution is -2.15. The first-order valence-electron chi connectivity index (χ1n) is 3.99. The summed E-state index contributed by atoms with van der Waals surface area (Å²) >= 11 is 0. The predicted molar refractivity (Wildman–Crippen MR) is 54.7 cm³/mol. The molecule has 0 aromatic heterocycles. The fourth-order valence-electron chi connectivity index (χ4n) is 0.569. The molecule has 0 nitrogen and oxygen atoms in total. The van der Waals surface area contributed by atoms with Gasteiger partial charge in [0.05, 0.1) is 0 Å². The highest BCUT2D eigenvalue weighted by Gasteiger charge is 2.19. The third-order valence-electron chi connectivity index (χ3n) is 1.87. The molecule has 0 bridgehead atoms. The molecular formula is C8H18S2. The first-order valence-corrected chi connectivity index (χ1v) is 6.31. The molecule has 0 rings (SSSR count). The van der Waals surface area contributed by atoms with E-state index in [2.05, 4.69) is 27.7 Å². The van der Waals surface area contributed by atoms with Gasteiger partial charge in [0.2, 0.25) is 0 Å². The average molecular weight is 178 g/mol. The van der Waals surface area contributed by atoms with Gasteiger partial charge in [-0.05, 0) is 19.8 Å². The summed E-state index contributed by atoms with van der Waals surface area (Å²) in [5.41, 5.74) is 0. The lowest BCUT2D eigenvalue weighted by atomic mass is 10.1. The Bertz CT molecular complexity index is 77.3. The molecule has 0 aromatic rings. The lowest BCUT2D eigenvalue weighted by molar-refractivity contribution is 0.604. The molecule has 0 saturated heterocycles. The Morgan fingerprint density at radius 1 is 1.10 bits per heavy atom. The van der Waals surface area contributed by atoms with Crippen LogP contribution in [0.4, 0.5) is 0 Å². The van der Waals surface area contributed by atoms with Crippen molar-refractivity contribution in [1.82, 2.24) is 0 Å². The van der Waals surface area contributed by atoms with Crippen LogP contribution in [0.1, 0.15) is 40.5 Å². The zero-order valence-corrected chi connectivity index (χ0v) is 9.07. The van der Waals surface area contributed by atoms with Crippen LogP contribution in [0.3, 0.4) is 0 Å². The zero-order chi connectivity index (χ0) is 8.04. The molecule has 0 aromatic carbocycles. The van der Waals surface area contributed by atoms with E-state index in [4.69, 9.17) is 0 Å². The van der Waals surface area contributed by atoms with Crippen molar-refractivity contribution in [3.8, 4) is 0 Å². The minimum atomic E-state index is 0.515. The van der Waals surface area contributed by atoms with Gasteiger partial charge < -0.3 is 0 Å². The largest absolute Gasteiger partial charge is 0.0939 e. The molecule has 10 heavy (non-hydrogen) atoms. The Balaban J connectivity index is 3.58. The second-order valence-corrected chi connectivity index (χ2v) is 5.82. The van der Waals surface area contributed by atoms with Gasteiger partial charge in [-0.15, -0.1) is 0 Å². The normalized spacial score (nSPS) is 12.0. The Kier molecular flexibility index (Phi) is 5.74. The van der Waals surface area contributed by atoms with Crippen LogP contribution in [0.25, 0.3) is 0 Å². The van der Waals surface area contributed by atoms with Crippen LogP contribution in [0, 0.1) is 0 Å². The maximum absolute atomic E-state index is 2.35. The molecule has 62 valence electrons. The number of hydrogen-bond acceptors (Lipinski definition) is 2. The van der Waals surface area contributed by atoms with Gasteiger partial charge in [-0.25, -0.2) is 0 Å². The second-order valence-electron chi connectivity index (χ2n) is 2.65. The predicted octanol–water partition coefficient (Wildman–Crippen LogP) is 3.97. The Morgan fingerprint density at radius 2 is 1.60 bits per heavy atom. The topological polar surface area (TPSA) is 0 Å². The summed E-state index contributed by atoms with van der Waals surface area (Å²) in [6.45, 7) is 9.10. The van der Waals surface area contributed by atoms with Crippen molar-refractivity contribution in [1.29, 1.82) is 0 Å². The molecule has 2 heteroatoms. The minimum absolute atomic E-state index is 0.515. The molecule has 0 radical (unpaired) electrons. The third kappa shape index (κ3) is 3.77. The Morgan fingerprint density at radius 3 is 1.90 bits per heavy atom. The highest BCUT2D eigenvalue weighted by molar-refractivity contribution is 8.77. The van der Waals surface area contributed by atoms with Crippen molar-refractivity contribution in [2.45, 2.75) is 45.3 Å². The first kappa shape index (κ1) is 10.7. The van der Waals surface area contributed by atoms with E-state index in [-0.39, 0.29) is 0 Å². The second kappa shape index (κ2) is 5.36. The summed E-state index contributed by atoms with van der Waals surface area (Å²) in [6, 6.07) is 0. The van der Waals surface area contributed by atoms with E-state index in [1.807, 2.05) is 21.6 Å². The van der Waals surface area contributed by atoms with Gasteiger partial charge in [0, 0.05) is 10.5 Å². The highest BCUT2D eigenvalue weighted by atomic mass is 33.1. The molecule has 0 fully saturated rings. The SMILES string of the molecule is CCSSC(C)(CC)CC. The standard InChI is InChI=1S/C8H18S2/c1-5-8(4,6-2)10-9-7-3/h5-7H2,1-4H3. The Hall–Kier alpha value is 0.700. The van der Waals surface area contributed by atoms with E-state index in [1.165, 1.54) is 18.6 Å². The van der Waals surface area contributed by atoms with E-state index in [0.717, 1.165) is 0 Å². The van der Waals surface area contributed by atoms with Gasteiger partial charge in [-0.3, -0.25) is 0 Å². The fourth-order valence-corrected chi connectivity index (χ4v) is 3.12. The van der Waals surface area contributed by atoms with Gasteiger partial charge in [0.1, 0.15) is 0 Å². The van der Waals surface area contributed by atoms with Gasteiger partial charge in [-0.1, -0.05) is 42.4 Å². The molecule has 0 unspecified atom stereocenters. The van der Waals surface area contributed by atoms with Gasteiger partial charge in [0.25, 0.3) is 0 Å². The summed E-state index contributed by atoms with van der Waals surface area (Å²) in [5.74, 6) is 1.22. The molecule has 0 aliphatic heterocycles. The van der Waals surface area contributed by atoms with E-state index in [9.17, 15) is 0 Å². The quantitative estimate of drug-likeness (QED) is 0.584. The lowest BCUT2D eigenvalue weighted by Gasteiger charge is -2.24.